The zero-order chi connectivity index (χ0) is 28.9. The second-order valence-corrected chi connectivity index (χ2v) is 12.0. The summed E-state index contributed by atoms with van der Waals surface area (Å²) in [5.41, 5.74) is 3.03. The molecule has 0 unspecified atom stereocenters. The van der Waals surface area contributed by atoms with Gasteiger partial charge in [0.15, 0.2) is 12.4 Å². The number of hydrogen-bond acceptors (Lipinski definition) is 6. The van der Waals surface area contributed by atoms with Gasteiger partial charge in [0.05, 0.1) is 28.4 Å². The van der Waals surface area contributed by atoms with Gasteiger partial charge in [-0.1, -0.05) is 51.1 Å². The van der Waals surface area contributed by atoms with Crippen molar-refractivity contribution in [1.82, 2.24) is 4.90 Å². The molecule has 216 valence electrons. The van der Waals surface area contributed by atoms with Crippen LogP contribution >= 0.6 is 16.1 Å². The lowest BCUT2D eigenvalue weighted by Crippen LogP contribution is -2.33. The molecule has 2 aliphatic rings. The highest BCUT2D eigenvalue weighted by atomic mass is 79.9. The Balaban J connectivity index is 1.69. The van der Waals surface area contributed by atoms with Crippen LogP contribution in [0, 0.1) is 5.92 Å². The second-order valence-electron chi connectivity index (χ2n) is 11.7. The summed E-state index contributed by atoms with van der Waals surface area (Å²) in [4.78, 5) is 29.6. The molecule has 0 aliphatic carbocycles. The van der Waals surface area contributed by atoms with Crippen LogP contribution < -0.4 is 9.64 Å². The third kappa shape index (κ3) is 6.86. The molecule has 2 aromatic carbocycles. The number of rotatable bonds is 11. The number of halogens is 1. The van der Waals surface area contributed by atoms with Gasteiger partial charge >= 0.3 is 5.97 Å². The molecular formula is C31H40BrN3O5. The van der Waals surface area contributed by atoms with Gasteiger partial charge in [-0.05, 0) is 48.3 Å². The van der Waals surface area contributed by atoms with Crippen molar-refractivity contribution in [3.05, 3.63) is 59.2 Å². The van der Waals surface area contributed by atoms with Crippen LogP contribution in [0.2, 0.25) is 0 Å². The average molecular weight is 615 g/mol. The SMILES string of the molecule is COCC[C@H]1CN(CC(=O)c2cc(N3CCCC3)c(OCC(=O)O)c(C(C)(C)C)c2)/C(=N\Br)[C@@H]1c1ccccc1. The lowest BCUT2D eigenvalue weighted by molar-refractivity contribution is -0.139. The Bertz CT molecular complexity index is 1220. The summed E-state index contributed by atoms with van der Waals surface area (Å²) in [5, 5.41) is 9.33. The molecule has 2 aliphatic heterocycles. The number of Topliss-reactive ketones (excluding diaryl/α,β-unsaturated/α-hetero) is 1. The minimum absolute atomic E-state index is 0.0106. The lowest BCUT2D eigenvalue weighted by atomic mass is 9.84. The Morgan fingerprint density at radius 3 is 2.42 bits per heavy atom. The largest absolute Gasteiger partial charge is 0.479 e. The maximum atomic E-state index is 14.0. The Labute approximate surface area is 245 Å². The van der Waals surface area contributed by atoms with Crippen molar-refractivity contribution < 1.29 is 24.2 Å². The fourth-order valence-electron chi connectivity index (χ4n) is 5.82. The van der Waals surface area contributed by atoms with Gasteiger partial charge < -0.3 is 24.4 Å². The summed E-state index contributed by atoms with van der Waals surface area (Å²) in [6.07, 6.45) is 2.95. The van der Waals surface area contributed by atoms with Gasteiger partial charge in [-0.15, -0.1) is 0 Å². The number of ether oxygens (including phenoxy) is 2. The van der Waals surface area contributed by atoms with Crippen LogP contribution in [0.15, 0.2) is 46.5 Å². The molecule has 0 aromatic heterocycles. The Morgan fingerprint density at radius 1 is 1.12 bits per heavy atom. The van der Waals surface area contributed by atoms with E-state index in [9.17, 15) is 14.7 Å². The molecule has 2 heterocycles. The quantitative estimate of drug-likeness (QED) is 0.325. The van der Waals surface area contributed by atoms with Crippen LogP contribution in [0.25, 0.3) is 0 Å². The molecule has 4 rings (SSSR count). The van der Waals surface area contributed by atoms with E-state index in [1.807, 2.05) is 30.3 Å². The van der Waals surface area contributed by atoms with E-state index in [0.29, 0.717) is 24.5 Å². The van der Waals surface area contributed by atoms with Crippen LogP contribution in [0.4, 0.5) is 5.69 Å². The maximum Gasteiger partial charge on any atom is 0.341 e. The molecule has 2 saturated heterocycles. The summed E-state index contributed by atoms with van der Waals surface area (Å²) < 4.78 is 15.8. The number of nitrogens with zero attached hydrogens (tertiary/aromatic N) is 3. The molecule has 2 fully saturated rings. The average Bonchev–Trinajstić information content (AvgIpc) is 3.58. The van der Waals surface area contributed by atoms with E-state index in [2.05, 4.69) is 62.9 Å². The number of likely N-dealkylation sites (tertiary alicyclic amines) is 1. The number of carboxylic acid groups (broad SMARTS) is 1. The van der Waals surface area contributed by atoms with E-state index in [4.69, 9.17) is 9.47 Å². The topological polar surface area (TPSA) is 91.7 Å². The summed E-state index contributed by atoms with van der Waals surface area (Å²) in [6, 6.07) is 14.1. The maximum absolute atomic E-state index is 14.0. The zero-order valence-electron chi connectivity index (χ0n) is 23.9. The summed E-state index contributed by atoms with van der Waals surface area (Å²) in [7, 11) is 1.71. The van der Waals surface area contributed by atoms with Gasteiger partial charge in [0.2, 0.25) is 0 Å². The first kappa shape index (κ1) is 30.1. The number of carbonyl (C=O) groups excluding carboxylic acids is 1. The molecular weight excluding hydrogens is 574 g/mol. The van der Waals surface area contributed by atoms with E-state index in [1.54, 1.807) is 7.11 Å². The van der Waals surface area contributed by atoms with Crippen LogP contribution in [0.3, 0.4) is 0 Å². The van der Waals surface area contributed by atoms with Gasteiger partial charge in [0.25, 0.3) is 0 Å². The molecule has 0 bridgehead atoms. The van der Waals surface area contributed by atoms with Crippen LogP contribution in [-0.2, 0) is 14.9 Å². The first-order valence-electron chi connectivity index (χ1n) is 13.9. The first-order chi connectivity index (χ1) is 19.1. The van der Waals surface area contributed by atoms with Crippen molar-refractivity contribution >= 4 is 39.4 Å². The number of benzene rings is 2. The highest BCUT2D eigenvalue weighted by molar-refractivity contribution is 9.08. The number of amidine groups is 1. The number of carboxylic acids is 1. The van der Waals surface area contributed by atoms with Crippen LogP contribution in [-0.4, -0.2) is 74.1 Å². The van der Waals surface area contributed by atoms with Crippen LogP contribution in [0.5, 0.6) is 5.75 Å². The number of ketones is 1. The van der Waals surface area contributed by atoms with Gasteiger partial charge in [0, 0.05) is 50.4 Å². The first-order valence-corrected chi connectivity index (χ1v) is 14.6. The van der Waals surface area contributed by atoms with Gasteiger partial charge in [-0.25, -0.2) is 4.79 Å². The van der Waals surface area contributed by atoms with Crippen molar-refractivity contribution in [2.45, 2.75) is 51.4 Å². The second kappa shape index (κ2) is 13.2. The van der Waals surface area contributed by atoms with E-state index < -0.39 is 12.6 Å². The van der Waals surface area contributed by atoms with Crippen molar-refractivity contribution in [3.8, 4) is 5.75 Å². The van der Waals surface area contributed by atoms with E-state index in [1.165, 1.54) is 5.56 Å². The van der Waals surface area contributed by atoms with Gasteiger partial charge in [0.1, 0.15) is 11.6 Å². The minimum Gasteiger partial charge on any atom is -0.479 e. The smallest absolute Gasteiger partial charge is 0.341 e. The lowest BCUT2D eigenvalue weighted by Gasteiger charge is -2.29. The van der Waals surface area contributed by atoms with E-state index >= 15 is 0 Å². The summed E-state index contributed by atoms with van der Waals surface area (Å²) >= 11 is 3.36. The zero-order valence-corrected chi connectivity index (χ0v) is 25.4. The Hall–Kier alpha value is -2.91. The third-order valence-electron chi connectivity index (χ3n) is 7.79. The molecule has 9 heteroatoms. The van der Waals surface area contributed by atoms with Crippen molar-refractivity contribution in [2.75, 3.05) is 51.4 Å². The highest BCUT2D eigenvalue weighted by Crippen LogP contribution is 2.42. The van der Waals surface area contributed by atoms with E-state index in [-0.39, 0.29) is 29.6 Å². The Kier molecular flexibility index (Phi) is 9.90. The molecule has 0 amide bonds. The standard InChI is InChI=1S/C31H40BrN3O5/c1-31(2,3)24-16-23(17-25(34-13-8-9-14-34)29(24)40-20-27(37)38)26(36)19-35-18-22(12-15-39-4)28(30(35)33-32)21-10-6-5-7-11-21/h5-7,10-11,16-17,22,28H,8-9,12-15,18-20H2,1-4H3,(H,37,38)/b33-30-/t22-,28+/m0/s1. The van der Waals surface area contributed by atoms with E-state index in [0.717, 1.165) is 49.4 Å². The van der Waals surface area contributed by atoms with Gasteiger partial charge in [-0.3, -0.25) is 4.79 Å². The fraction of sp³-hybridized carbons (Fsp3) is 0.516. The monoisotopic (exact) mass is 613 g/mol. The molecule has 40 heavy (non-hydrogen) atoms. The van der Waals surface area contributed by atoms with Crippen molar-refractivity contribution in [2.24, 2.45) is 9.94 Å². The third-order valence-corrected chi connectivity index (χ3v) is 8.15. The number of anilines is 1. The minimum atomic E-state index is -1.03. The molecule has 2 atom stereocenters. The fourth-order valence-corrected chi connectivity index (χ4v) is 6.27. The predicted molar refractivity (Wildman–Crippen MR) is 161 cm³/mol. The number of aliphatic carboxylic acids is 1. The molecule has 1 N–H and O–H groups in total. The number of carbonyl (C=O) groups is 2. The predicted octanol–water partition coefficient (Wildman–Crippen LogP) is 5.69. The number of hydrogen-bond donors (Lipinski definition) is 1. The summed E-state index contributed by atoms with van der Waals surface area (Å²) in [5.74, 6) is 0.672. The molecule has 8 nitrogen and oxygen atoms in total. The Morgan fingerprint density at radius 2 is 1.82 bits per heavy atom. The van der Waals surface area contributed by atoms with Crippen LogP contribution in [0.1, 0.15) is 67.4 Å². The molecule has 0 spiro atoms. The van der Waals surface area contributed by atoms with Crippen molar-refractivity contribution in [3.63, 3.8) is 0 Å². The van der Waals surface area contributed by atoms with Gasteiger partial charge in [-0.2, -0.15) is 4.02 Å². The molecule has 0 radical (unpaired) electrons. The van der Waals surface area contributed by atoms with Crippen molar-refractivity contribution in [1.29, 1.82) is 0 Å². The molecule has 0 saturated carbocycles. The summed E-state index contributed by atoms with van der Waals surface area (Å²) in [6.45, 7) is 8.95. The molecule has 2 aromatic rings. The highest BCUT2D eigenvalue weighted by Gasteiger charge is 2.40. The normalized spacial score (nSPS) is 20.4. The number of methoxy groups -OCH3 is 1.